The summed E-state index contributed by atoms with van der Waals surface area (Å²) in [5, 5.41) is 7.79. The Labute approximate surface area is 106 Å². The Morgan fingerprint density at radius 3 is 2.39 bits per heavy atom. The molecule has 0 fully saturated rings. The Hall–Kier alpha value is -2.04. The summed E-state index contributed by atoms with van der Waals surface area (Å²) < 4.78 is 4.61. The van der Waals surface area contributed by atoms with Gasteiger partial charge in [0.15, 0.2) is 5.78 Å². The van der Waals surface area contributed by atoms with Crippen LogP contribution in [0, 0.1) is 0 Å². The van der Waals surface area contributed by atoms with Crippen LogP contribution in [0.1, 0.15) is 20.3 Å². The van der Waals surface area contributed by atoms with E-state index in [1.165, 1.54) is 14.0 Å². The van der Waals surface area contributed by atoms with Crippen molar-refractivity contribution in [1.82, 2.24) is 0 Å². The molecule has 5 heteroatoms. The Morgan fingerprint density at radius 2 is 1.89 bits per heavy atom. The van der Waals surface area contributed by atoms with Crippen LogP contribution in [0.4, 0.5) is 5.69 Å². The molecule has 0 heterocycles. The number of carbonyl (C=O) groups is 2. The lowest BCUT2D eigenvalue weighted by Crippen LogP contribution is -2.42. The van der Waals surface area contributed by atoms with Crippen LogP contribution in [0.3, 0.4) is 0 Å². The van der Waals surface area contributed by atoms with E-state index < -0.39 is 11.5 Å². The normalized spacial score (nSPS) is 14.2. The van der Waals surface area contributed by atoms with Crippen LogP contribution < -0.4 is 0 Å². The molecule has 1 aromatic carbocycles. The van der Waals surface area contributed by atoms with Crippen molar-refractivity contribution < 1.29 is 14.3 Å². The Morgan fingerprint density at radius 1 is 1.28 bits per heavy atom. The van der Waals surface area contributed by atoms with Gasteiger partial charge in [-0.3, -0.25) is 4.79 Å². The largest absolute Gasteiger partial charge is 0.467 e. The quantitative estimate of drug-likeness (QED) is 0.457. The van der Waals surface area contributed by atoms with Crippen molar-refractivity contribution in [2.75, 3.05) is 7.11 Å². The average molecular weight is 248 g/mol. The predicted octanol–water partition coefficient (Wildman–Crippen LogP) is 2.68. The van der Waals surface area contributed by atoms with Gasteiger partial charge in [0.25, 0.3) is 0 Å². The number of ketones is 1. The van der Waals surface area contributed by atoms with Gasteiger partial charge in [0, 0.05) is 6.42 Å². The van der Waals surface area contributed by atoms with Crippen molar-refractivity contribution in [2.24, 2.45) is 10.2 Å². The van der Waals surface area contributed by atoms with Crippen LogP contribution in [0.2, 0.25) is 0 Å². The number of esters is 1. The molecule has 0 aliphatic heterocycles. The zero-order valence-electron chi connectivity index (χ0n) is 10.7. The molecule has 0 aliphatic rings. The number of azo groups is 1. The van der Waals surface area contributed by atoms with E-state index in [9.17, 15) is 9.59 Å². The smallest absolute Gasteiger partial charge is 0.343 e. The summed E-state index contributed by atoms with van der Waals surface area (Å²) in [5.41, 5.74) is -0.990. The van der Waals surface area contributed by atoms with Crippen molar-refractivity contribution in [3.05, 3.63) is 30.3 Å². The van der Waals surface area contributed by atoms with Gasteiger partial charge >= 0.3 is 5.97 Å². The number of benzene rings is 1. The van der Waals surface area contributed by atoms with Crippen molar-refractivity contribution >= 4 is 17.4 Å². The van der Waals surface area contributed by atoms with Crippen molar-refractivity contribution in [2.45, 2.75) is 25.8 Å². The average Bonchev–Trinajstić information content (AvgIpc) is 2.43. The molecule has 1 atom stereocenters. The molecule has 0 amide bonds. The summed E-state index contributed by atoms with van der Waals surface area (Å²) in [6.45, 7) is 3.08. The number of nitrogens with zero attached hydrogens (tertiary/aromatic N) is 2. The van der Waals surface area contributed by atoms with Crippen molar-refractivity contribution in [3.8, 4) is 0 Å². The number of Topliss-reactive ketones (excluding diaryl/α,β-unsaturated/α-hetero) is 1. The van der Waals surface area contributed by atoms with Crippen molar-refractivity contribution in [3.63, 3.8) is 0 Å². The molecule has 0 saturated carbocycles. The van der Waals surface area contributed by atoms with E-state index in [-0.39, 0.29) is 12.2 Å². The highest BCUT2D eigenvalue weighted by molar-refractivity contribution is 6.08. The lowest BCUT2D eigenvalue weighted by Gasteiger charge is -2.18. The zero-order valence-corrected chi connectivity index (χ0v) is 10.7. The molecule has 1 unspecified atom stereocenters. The van der Waals surface area contributed by atoms with Crippen LogP contribution in [-0.4, -0.2) is 24.4 Å². The number of carbonyl (C=O) groups excluding carboxylic acids is 2. The fraction of sp³-hybridized carbons (Fsp3) is 0.385. The molecule has 1 rings (SSSR count). The molecule has 18 heavy (non-hydrogen) atoms. The minimum Gasteiger partial charge on any atom is -0.467 e. The highest BCUT2D eigenvalue weighted by atomic mass is 16.5. The van der Waals surface area contributed by atoms with Gasteiger partial charge in [-0.1, -0.05) is 25.1 Å². The molecule has 0 radical (unpaired) electrons. The summed E-state index contributed by atoms with van der Waals surface area (Å²) in [6.07, 6.45) is 0.194. The third-order valence-corrected chi connectivity index (χ3v) is 2.57. The molecule has 0 aliphatic carbocycles. The van der Waals surface area contributed by atoms with Crippen LogP contribution in [0.25, 0.3) is 0 Å². The Balaban J connectivity index is 3.03. The molecule has 0 spiro atoms. The van der Waals surface area contributed by atoms with E-state index in [1.807, 2.05) is 6.07 Å². The molecular formula is C13H16N2O3. The molecule has 5 nitrogen and oxygen atoms in total. The zero-order chi connectivity index (χ0) is 13.6. The maximum Gasteiger partial charge on any atom is 0.343 e. The van der Waals surface area contributed by atoms with Gasteiger partial charge in [-0.05, 0) is 19.1 Å². The minimum absolute atomic E-state index is 0.194. The van der Waals surface area contributed by atoms with Gasteiger partial charge in [-0.15, -0.1) is 0 Å². The molecule has 96 valence electrons. The van der Waals surface area contributed by atoms with Gasteiger partial charge in [0.05, 0.1) is 12.8 Å². The Kier molecular flexibility index (Phi) is 4.71. The molecule has 0 aromatic heterocycles. The van der Waals surface area contributed by atoms with Crippen molar-refractivity contribution in [1.29, 1.82) is 0 Å². The molecular weight excluding hydrogens is 232 g/mol. The first kappa shape index (κ1) is 14.0. The minimum atomic E-state index is -1.57. The molecule has 0 N–H and O–H groups in total. The SMILES string of the molecule is CCC(=O)C(C)(N=Nc1ccccc1)C(=O)OC. The predicted molar refractivity (Wildman–Crippen MR) is 66.7 cm³/mol. The standard InChI is InChI=1S/C13H16N2O3/c1-4-11(16)13(2,12(17)18-3)15-14-10-8-6-5-7-9-10/h5-9H,4H2,1-3H3. The number of rotatable bonds is 5. The van der Waals surface area contributed by atoms with Crippen LogP contribution in [-0.2, 0) is 14.3 Å². The van der Waals surface area contributed by atoms with Crippen LogP contribution in [0.5, 0.6) is 0 Å². The maximum absolute atomic E-state index is 11.8. The van der Waals surface area contributed by atoms with E-state index in [0.29, 0.717) is 5.69 Å². The van der Waals surface area contributed by atoms with Gasteiger partial charge in [0.1, 0.15) is 0 Å². The van der Waals surface area contributed by atoms with E-state index in [2.05, 4.69) is 15.0 Å². The summed E-state index contributed by atoms with van der Waals surface area (Å²) in [6, 6.07) is 8.90. The lowest BCUT2D eigenvalue weighted by molar-refractivity contribution is -0.150. The second-order valence-electron chi connectivity index (χ2n) is 3.88. The fourth-order valence-corrected chi connectivity index (χ4v) is 1.41. The second-order valence-corrected chi connectivity index (χ2v) is 3.88. The summed E-state index contributed by atoms with van der Waals surface area (Å²) in [5.74, 6) is -1.02. The first-order chi connectivity index (χ1) is 8.54. The summed E-state index contributed by atoms with van der Waals surface area (Å²) >= 11 is 0. The molecule has 0 saturated heterocycles. The first-order valence-electron chi connectivity index (χ1n) is 5.64. The van der Waals surface area contributed by atoms with E-state index in [4.69, 9.17) is 0 Å². The summed E-state index contributed by atoms with van der Waals surface area (Å²) in [7, 11) is 1.22. The highest BCUT2D eigenvalue weighted by Gasteiger charge is 2.41. The molecule has 1 aromatic rings. The number of ether oxygens (including phenoxy) is 1. The molecule has 0 bridgehead atoms. The van der Waals surface area contributed by atoms with Crippen LogP contribution in [0.15, 0.2) is 40.6 Å². The van der Waals surface area contributed by atoms with Gasteiger partial charge in [-0.25, -0.2) is 4.79 Å². The third-order valence-electron chi connectivity index (χ3n) is 2.57. The van der Waals surface area contributed by atoms with Gasteiger partial charge < -0.3 is 4.74 Å². The topological polar surface area (TPSA) is 68.1 Å². The Bertz CT molecular complexity index is 439. The van der Waals surface area contributed by atoms with Crippen LogP contribution >= 0.6 is 0 Å². The maximum atomic E-state index is 11.8. The number of methoxy groups -OCH3 is 1. The number of hydrogen-bond donors (Lipinski definition) is 0. The van der Waals surface area contributed by atoms with Gasteiger partial charge in [-0.2, -0.15) is 10.2 Å². The highest BCUT2D eigenvalue weighted by Crippen LogP contribution is 2.20. The van der Waals surface area contributed by atoms with E-state index >= 15 is 0 Å². The fourth-order valence-electron chi connectivity index (χ4n) is 1.41. The monoisotopic (exact) mass is 248 g/mol. The van der Waals surface area contributed by atoms with E-state index in [1.54, 1.807) is 31.2 Å². The lowest BCUT2D eigenvalue weighted by atomic mass is 9.96. The second kappa shape index (κ2) is 6.05. The first-order valence-corrected chi connectivity index (χ1v) is 5.64. The summed E-state index contributed by atoms with van der Waals surface area (Å²) in [4.78, 5) is 23.5. The van der Waals surface area contributed by atoms with E-state index in [0.717, 1.165) is 0 Å². The van der Waals surface area contributed by atoms with Gasteiger partial charge in [0.2, 0.25) is 5.54 Å². The number of hydrogen-bond acceptors (Lipinski definition) is 5. The third kappa shape index (κ3) is 3.00.